The molecule has 108 valence electrons. The Kier molecular flexibility index (Phi) is 4.71. The summed E-state index contributed by atoms with van der Waals surface area (Å²) in [6, 6.07) is 27.1. The molecule has 0 N–H and O–H groups in total. The van der Waals surface area contributed by atoms with Gasteiger partial charge in [-0.25, -0.2) is 0 Å². The summed E-state index contributed by atoms with van der Waals surface area (Å²) < 4.78 is 0. The Hall–Kier alpha value is -2.32. The van der Waals surface area contributed by atoms with E-state index in [1.165, 1.54) is 15.4 Å². The van der Waals surface area contributed by atoms with Crippen molar-refractivity contribution in [2.45, 2.75) is 16.7 Å². The maximum absolute atomic E-state index is 4.47. The van der Waals surface area contributed by atoms with E-state index in [4.69, 9.17) is 0 Å². The lowest BCUT2D eigenvalue weighted by Crippen LogP contribution is -1.81. The number of hydrogen-bond donors (Lipinski definition) is 0. The van der Waals surface area contributed by atoms with E-state index in [0.717, 1.165) is 11.3 Å². The molecule has 0 aliphatic rings. The molecule has 0 amide bonds. The Morgan fingerprint density at radius 3 is 1.95 bits per heavy atom. The maximum atomic E-state index is 4.47. The van der Waals surface area contributed by atoms with E-state index in [1.54, 1.807) is 11.8 Å². The third kappa shape index (κ3) is 4.09. The summed E-state index contributed by atoms with van der Waals surface area (Å²) in [4.78, 5) is 6.97. The molecule has 0 spiro atoms. The van der Waals surface area contributed by atoms with Crippen LogP contribution in [-0.4, -0.2) is 6.21 Å². The lowest BCUT2D eigenvalue weighted by molar-refractivity contribution is 1.36. The standard InChI is InChI=1S/C20H17NS/c1-16-7-11-19(12-8-16)22-20-13-9-17(10-14-20)15-21-18-5-3-2-4-6-18/h2-15H,1H3. The van der Waals surface area contributed by atoms with Gasteiger partial charge in [-0.15, -0.1) is 0 Å². The molecule has 0 aliphatic heterocycles. The van der Waals surface area contributed by atoms with E-state index in [1.807, 2.05) is 36.5 Å². The molecule has 0 atom stereocenters. The Labute approximate surface area is 135 Å². The quantitative estimate of drug-likeness (QED) is 0.547. The first-order valence-corrected chi connectivity index (χ1v) is 8.05. The van der Waals surface area contributed by atoms with E-state index in [0.29, 0.717) is 0 Å². The van der Waals surface area contributed by atoms with Gasteiger partial charge in [-0.05, 0) is 48.9 Å². The Bertz CT molecular complexity index is 744. The van der Waals surface area contributed by atoms with Crippen LogP contribution < -0.4 is 0 Å². The zero-order valence-corrected chi connectivity index (χ0v) is 13.3. The number of rotatable bonds is 4. The first kappa shape index (κ1) is 14.6. The largest absolute Gasteiger partial charge is 0.256 e. The maximum Gasteiger partial charge on any atom is 0.0629 e. The molecule has 0 aromatic heterocycles. The third-order valence-corrected chi connectivity index (χ3v) is 4.27. The molecule has 0 saturated carbocycles. The molecular formula is C20H17NS. The van der Waals surface area contributed by atoms with Gasteiger partial charge in [0.25, 0.3) is 0 Å². The number of aliphatic imine (C=N–C) groups is 1. The van der Waals surface area contributed by atoms with Crippen LogP contribution in [-0.2, 0) is 0 Å². The summed E-state index contributed by atoms with van der Waals surface area (Å²) in [5.41, 5.74) is 3.37. The molecule has 0 radical (unpaired) electrons. The summed E-state index contributed by atoms with van der Waals surface area (Å²) in [5, 5.41) is 0. The van der Waals surface area contributed by atoms with E-state index >= 15 is 0 Å². The fourth-order valence-corrected chi connectivity index (χ4v) is 2.84. The second-order valence-electron chi connectivity index (χ2n) is 5.08. The molecule has 0 saturated heterocycles. The van der Waals surface area contributed by atoms with E-state index in [9.17, 15) is 0 Å². The zero-order valence-electron chi connectivity index (χ0n) is 12.4. The summed E-state index contributed by atoms with van der Waals surface area (Å²) >= 11 is 1.77. The molecule has 2 heteroatoms. The highest BCUT2D eigenvalue weighted by Crippen LogP contribution is 2.27. The number of para-hydroxylation sites is 1. The van der Waals surface area contributed by atoms with Gasteiger partial charge in [0.2, 0.25) is 0 Å². The molecule has 0 aliphatic carbocycles. The first-order chi connectivity index (χ1) is 10.8. The SMILES string of the molecule is Cc1ccc(Sc2ccc(C=Nc3ccccc3)cc2)cc1. The van der Waals surface area contributed by atoms with Gasteiger partial charge in [-0.3, -0.25) is 4.99 Å². The van der Waals surface area contributed by atoms with Crippen LogP contribution in [0.15, 0.2) is 93.6 Å². The van der Waals surface area contributed by atoms with Crippen molar-refractivity contribution >= 4 is 23.7 Å². The van der Waals surface area contributed by atoms with Gasteiger partial charge in [-0.2, -0.15) is 0 Å². The predicted octanol–water partition coefficient (Wildman–Crippen LogP) is 5.90. The number of hydrogen-bond acceptors (Lipinski definition) is 2. The van der Waals surface area contributed by atoms with Gasteiger partial charge >= 0.3 is 0 Å². The zero-order chi connectivity index (χ0) is 15.2. The second kappa shape index (κ2) is 7.10. The van der Waals surface area contributed by atoms with Crippen molar-refractivity contribution in [2.24, 2.45) is 4.99 Å². The average Bonchev–Trinajstić information content (AvgIpc) is 2.57. The molecule has 3 rings (SSSR count). The molecular weight excluding hydrogens is 286 g/mol. The number of nitrogens with zero attached hydrogens (tertiary/aromatic N) is 1. The van der Waals surface area contributed by atoms with E-state index in [2.05, 4.69) is 60.4 Å². The van der Waals surface area contributed by atoms with E-state index < -0.39 is 0 Å². The normalized spacial score (nSPS) is 11.0. The second-order valence-corrected chi connectivity index (χ2v) is 6.22. The fourth-order valence-electron chi connectivity index (χ4n) is 2.03. The van der Waals surface area contributed by atoms with Crippen LogP contribution in [0.4, 0.5) is 5.69 Å². The van der Waals surface area contributed by atoms with Gasteiger partial charge in [0.05, 0.1) is 5.69 Å². The van der Waals surface area contributed by atoms with Crippen LogP contribution in [0.5, 0.6) is 0 Å². The molecule has 0 bridgehead atoms. The predicted molar refractivity (Wildman–Crippen MR) is 95.4 cm³/mol. The minimum atomic E-state index is 0.973. The van der Waals surface area contributed by atoms with Crippen LogP contribution in [0, 0.1) is 6.92 Å². The monoisotopic (exact) mass is 303 g/mol. The summed E-state index contributed by atoms with van der Waals surface area (Å²) in [5.74, 6) is 0. The van der Waals surface area contributed by atoms with Crippen molar-refractivity contribution in [1.29, 1.82) is 0 Å². The summed E-state index contributed by atoms with van der Waals surface area (Å²) in [6.45, 7) is 2.11. The minimum Gasteiger partial charge on any atom is -0.256 e. The average molecular weight is 303 g/mol. The minimum absolute atomic E-state index is 0.973. The summed E-state index contributed by atoms with van der Waals surface area (Å²) in [6.07, 6.45) is 1.90. The lowest BCUT2D eigenvalue weighted by atomic mass is 10.2. The third-order valence-electron chi connectivity index (χ3n) is 3.26. The van der Waals surface area contributed by atoms with Crippen molar-refractivity contribution in [2.75, 3.05) is 0 Å². The van der Waals surface area contributed by atoms with Crippen LogP contribution >= 0.6 is 11.8 Å². The van der Waals surface area contributed by atoms with Gasteiger partial charge < -0.3 is 0 Å². The van der Waals surface area contributed by atoms with Crippen molar-refractivity contribution in [3.63, 3.8) is 0 Å². The van der Waals surface area contributed by atoms with Crippen LogP contribution in [0.25, 0.3) is 0 Å². The highest BCUT2D eigenvalue weighted by atomic mass is 32.2. The van der Waals surface area contributed by atoms with Gasteiger partial charge in [0.1, 0.15) is 0 Å². The lowest BCUT2D eigenvalue weighted by Gasteiger charge is -2.02. The van der Waals surface area contributed by atoms with Gasteiger partial charge in [-0.1, -0.05) is 59.8 Å². The smallest absolute Gasteiger partial charge is 0.0629 e. The Morgan fingerprint density at radius 2 is 1.32 bits per heavy atom. The van der Waals surface area contributed by atoms with Crippen LogP contribution in [0.2, 0.25) is 0 Å². The molecule has 22 heavy (non-hydrogen) atoms. The van der Waals surface area contributed by atoms with Crippen molar-refractivity contribution in [3.8, 4) is 0 Å². The van der Waals surface area contributed by atoms with E-state index in [-0.39, 0.29) is 0 Å². The first-order valence-electron chi connectivity index (χ1n) is 7.23. The molecule has 1 nitrogen and oxygen atoms in total. The van der Waals surface area contributed by atoms with Crippen molar-refractivity contribution in [1.82, 2.24) is 0 Å². The highest BCUT2D eigenvalue weighted by Gasteiger charge is 1.97. The van der Waals surface area contributed by atoms with Gasteiger partial charge in [0.15, 0.2) is 0 Å². The van der Waals surface area contributed by atoms with Crippen LogP contribution in [0.1, 0.15) is 11.1 Å². The number of aryl methyl sites for hydroxylation is 1. The fraction of sp³-hybridized carbons (Fsp3) is 0.0500. The Morgan fingerprint density at radius 1 is 0.727 bits per heavy atom. The van der Waals surface area contributed by atoms with Gasteiger partial charge in [0, 0.05) is 16.0 Å². The Balaban J connectivity index is 1.67. The molecule has 0 fully saturated rings. The molecule has 3 aromatic carbocycles. The van der Waals surface area contributed by atoms with Crippen LogP contribution in [0.3, 0.4) is 0 Å². The molecule has 0 unspecified atom stereocenters. The molecule has 0 heterocycles. The molecule has 3 aromatic rings. The number of benzene rings is 3. The highest BCUT2D eigenvalue weighted by molar-refractivity contribution is 7.99. The summed E-state index contributed by atoms with van der Waals surface area (Å²) in [7, 11) is 0. The van der Waals surface area contributed by atoms with Crippen molar-refractivity contribution in [3.05, 3.63) is 90.0 Å². The van der Waals surface area contributed by atoms with Crippen molar-refractivity contribution < 1.29 is 0 Å². The topological polar surface area (TPSA) is 12.4 Å².